The molecule has 3 rings (SSSR count). The van der Waals surface area contributed by atoms with Crippen LogP contribution >= 0.6 is 0 Å². The third-order valence-corrected chi connectivity index (χ3v) is 7.08. The molecule has 0 heterocycles. The van der Waals surface area contributed by atoms with Crippen LogP contribution in [0.3, 0.4) is 0 Å². The normalized spacial score (nSPS) is 32.8. The Morgan fingerprint density at radius 2 is 1.88 bits per heavy atom. The zero-order valence-corrected chi connectivity index (χ0v) is 16.7. The van der Waals surface area contributed by atoms with Crippen LogP contribution in [0.5, 0.6) is 0 Å². The van der Waals surface area contributed by atoms with Gasteiger partial charge < -0.3 is 5.32 Å². The molecule has 0 aromatic heterocycles. The minimum atomic E-state index is 0.370. The van der Waals surface area contributed by atoms with Crippen molar-refractivity contribution < 1.29 is 0 Å². The number of hydrogen-bond donors (Lipinski definition) is 1. The lowest BCUT2D eigenvalue weighted by molar-refractivity contribution is 0.0246. The Morgan fingerprint density at radius 3 is 2.54 bits per heavy atom. The van der Waals surface area contributed by atoms with Crippen LogP contribution in [-0.4, -0.2) is 12.6 Å². The molecule has 2 aliphatic carbocycles. The second-order valence-corrected chi connectivity index (χ2v) is 9.62. The van der Waals surface area contributed by atoms with Crippen molar-refractivity contribution in [2.75, 3.05) is 6.54 Å². The minimum absolute atomic E-state index is 0.370. The van der Waals surface area contributed by atoms with E-state index in [4.69, 9.17) is 0 Å². The summed E-state index contributed by atoms with van der Waals surface area (Å²) in [6, 6.07) is 7.98. The summed E-state index contributed by atoms with van der Waals surface area (Å²) < 4.78 is 0. The molecule has 0 saturated heterocycles. The monoisotopic (exact) mass is 327 g/mol. The van der Waals surface area contributed by atoms with E-state index in [9.17, 15) is 0 Å². The molecule has 0 amide bonds. The summed E-state index contributed by atoms with van der Waals surface area (Å²) in [4.78, 5) is 0. The van der Waals surface area contributed by atoms with Gasteiger partial charge in [-0.25, -0.2) is 0 Å². The molecule has 0 aliphatic heterocycles. The maximum Gasteiger partial charge on any atom is 0.00106 e. The van der Waals surface area contributed by atoms with E-state index in [2.05, 4.69) is 65.1 Å². The molecule has 0 unspecified atom stereocenters. The molecule has 24 heavy (non-hydrogen) atoms. The van der Waals surface area contributed by atoms with Gasteiger partial charge in [-0.05, 0) is 65.0 Å². The molecule has 3 atom stereocenters. The molecule has 0 bridgehead atoms. The van der Waals surface area contributed by atoms with Crippen molar-refractivity contribution in [1.29, 1.82) is 0 Å². The molecule has 0 spiro atoms. The fourth-order valence-corrected chi connectivity index (χ4v) is 5.65. The average Bonchev–Trinajstić information content (AvgIpc) is 2.52. The highest BCUT2D eigenvalue weighted by atomic mass is 14.9. The summed E-state index contributed by atoms with van der Waals surface area (Å²) in [5.74, 6) is 1.44. The Kier molecular flexibility index (Phi) is 4.86. The van der Waals surface area contributed by atoms with E-state index in [0.29, 0.717) is 22.8 Å². The average molecular weight is 328 g/mol. The van der Waals surface area contributed by atoms with Gasteiger partial charge >= 0.3 is 0 Å². The second kappa shape index (κ2) is 6.48. The van der Waals surface area contributed by atoms with Crippen molar-refractivity contribution in [2.45, 2.75) is 91.0 Å². The number of rotatable bonds is 4. The summed E-state index contributed by atoms with van der Waals surface area (Å²) in [5, 5.41) is 3.75. The maximum absolute atomic E-state index is 3.75. The van der Waals surface area contributed by atoms with Crippen molar-refractivity contribution in [2.24, 2.45) is 11.3 Å². The first-order valence-corrected chi connectivity index (χ1v) is 10.1. The topological polar surface area (TPSA) is 12.0 Å². The Labute approximate surface area is 149 Å². The van der Waals surface area contributed by atoms with Crippen molar-refractivity contribution in [3.05, 3.63) is 34.9 Å². The number of aryl methyl sites for hydroxylation is 1. The van der Waals surface area contributed by atoms with Gasteiger partial charge in [-0.15, -0.1) is 0 Å². The van der Waals surface area contributed by atoms with Crippen LogP contribution in [0, 0.1) is 11.3 Å². The summed E-state index contributed by atoms with van der Waals surface area (Å²) >= 11 is 0. The van der Waals surface area contributed by atoms with E-state index in [0.717, 1.165) is 5.92 Å². The van der Waals surface area contributed by atoms with Gasteiger partial charge in [0.1, 0.15) is 0 Å². The van der Waals surface area contributed by atoms with Gasteiger partial charge in [0.05, 0.1) is 0 Å². The van der Waals surface area contributed by atoms with Crippen LogP contribution in [0.4, 0.5) is 0 Å². The number of nitrogens with one attached hydrogen (secondary N) is 1. The third-order valence-electron chi connectivity index (χ3n) is 7.08. The number of benzene rings is 1. The first-order chi connectivity index (χ1) is 11.3. The van der Waals surface area contributed by atoms with E-state index < -0.39 is 0 Å². The lowest BCUT2D eigenvalue weighted by atomic mass is 9.49. The summed E-state index contributed by atoms with van der Waals surface area (Å²) in [6.07, 6.45) is 6.75. The van der Waals surface area contributed by atoms with Crippen LogP contribution in [0.25, 0.3) is 0 Å². The third kappa shape index (κ3) is 3.05. The number of fused-ring (bicyclic) bond motifs is 3. The molecule has 1 heteroatoms. The Morgan fingerprint density at radius 1 is 1.12 bits per heavy atom. The van der Waals surface area contributed by atoms with Crippen molar-refractivity contribution in [3.8, 4) is 0 Å². The predicted octanol–water partition coefficient (Wildman–Crippen LogP) is 5.82. The van der Waals surface area contributed by atoms with Crippen LogP contribution in [-0.2, 0) is 11.8 Å². The van der Waals surface area contributed by atoms with E-state index in [1.807, 2.05) is 0 Å². The zero-order valence-electron chi connectivity index (χ0n) is 16.7. The number of hydrogen-bond acceptors (Lipinski definition) is 1. The molecule has 2 aliphatic rings. The molecule has 1 fully saturated rings. The van der Waals surface area contributed by atoms with Gasteiger partial charge in [0.2, 0.25) is 0 Å². The molecule has 1 N–H and O–H groups in total. The Bertz CT molecular complexity index is 588. The van der Waals surface area contributed by atoms with Gasteiger partial charge in [0.25, 0.3) is 0 Å². The predicted molar refractivity (Wildman–Crippen MR) is 105 cm³/mol. The fourth-order valence-electron chi connectivity index (χ4n) is 5.65. The quantitative estimate of drug-likeness (QED) is 0.735. The summed E-state index contributed by atoms with van der Waals surface area (Å²) in [6.45, 7) is 15.5. The van der Waals surface area contributed by atoms with Gasteiger partial charge in [0, 0.05) is 12.6 Å². The molecular formula is C23H37N. The Balaban J connectivity index is 1.94. The second-order valence-electron chi connectivity index (χ2n) is 9.62. The highest BCUT2D eigenvalue weighted by molar-refractivity contribution is 5.42. The van der Waals surface area contributed by atoms with Crippen molar-refractivity contribution in [3.63, 3.8) is 0 Å². The van der Waals surface area contributed by atoms with Crippen LogP contribution < -0.4 is 5.32 Å². The summed E-state index contributed by atoms with van der Waals surface area (Å²) in [5.41, 5.74) is 5.62. The molecule has 1 aromatic carbocycles. The van der Waals surface area contributed by atoms with Crippen molar-refractivity contribution >= 4 is 0 Å². The molecule has 0 radical (unpaired) electrons. The zero-order chi connectivity index (χ0) is 17.5. The van der Waals surface area contributed by atoms with Crippen LogP contribution in [0.2, 0.25) is 0 Å². The lowest BCUT2D eigenvalue weighted by Gasteiger charge is -2.56. The van der Waals surface area contributed by atoms with E-state index in [-0.39, 0.29) is 0 Å². The Hall–Kier alpha value is -0.820. The van der Waals surface area contributed by atoms with Crippen molar-refractivity contribution in [1.82, 2.24) is 5.32 Å². The van der Waals surface area contributed by atoms with Gasteiger partial charge in [-0.1, -0.05) is 66.2 Å². The van der Waals surface area contributed by atoms with Crippen LogP contribution in [0.15, 0.2) is 18.2 Å². The van der Waals surface area contributed by atoms with Crippen LogP contribution in [0.1, 0.15) is 89.8 Å². The van der Waals surface area contributed by atoms with Gasteiger partial charge in [-0.3, -0.25) is 0 Å². The SMILES string of the molecule is CC(C)NC[C@]1(C)CCC[C@@]2(C)c3ccc(C(C)C)cc3CC[C@H]12. The maximum atomic E-state index is 3.75. The van der Waals surface area contributed by atoms with E-state index in [1.54, 1.807) is 11.1 Å². The molecule has 1 aromatic rings. The van der Waals surface area contributed by atoms with Gasteiger partial charge in [0.15, 0.2) is 0 Å². The molecule has 1 saturated carbocycles. The smallest absolute Gasteiger partial charge is 0.00106 e. The molecular weight excluding hydrogens is 290 g/mol. The minimum Gasteiger partial charge on any atom is -0.314 e. The summed E-state index contributed by atoms with van der Waals surface area (Å²) in [7, 11) is 0. The van der Waals surface area contributed by atoms with E-state index in [1.165, 1.54) is 44.2 Å². The highest BCUT2D eigenvalue weighted by Gasteiger charge is 2.51. The van der Waals surface area contributed by atoms with E-state index >= 15 is 0 Å². The first-order valence-electron chi connectivity index (χ1n) is 10.1. The molecule has 1 nitrogen and oxygen atoms in total. The largest absolute Gasteiger partial charge is 0.314 e. The lowest BCUT2D eigenvalue weighted by Crippen LogP contribution is -2.53. The molecule has 134 valence electrons. The first kappa shape index (κ1) is 18.0. The standard InChI is InChI=1S/C23H37N/c1-16(2)18-8-10-20-19(14-18)9-11-21-22(5,15-24-17(3)4)12-7-13-23(20,21)6/h8,10,14,16-17,21,24H,7,9,11-13,15H2,1-6H3/t21-,22+,23+/m1/s1. The van der Waals surface area contributed by atoms with Gasteiger partial charge in [-0.2, -0.15) is 0 Å². The fraction of sp³-hybridized carbons (Fsp3) is 0.739. The highest BCUT2D eigenvalue weighted by Crippen LogP contribution is 2.57.